The summed E-state index contributed by atoms with van der Waals surface area (Å²) in [5.41, 5.74) is 16.9. The fraction of sp³-hybridized carbons (Fsp3) is 0.0909. The summed E-state index contributed by atoms with van der Waals surface area (Å²) in [7, 11) is 0. The van der Waals surface area contributed by atoms with Gasteiger partial charge in [0.15, 0.2) is 0 Å². The molecule has 136 valence electrons. The lowest BCUT2D eigenvalue weighted by molar-refractivity contribution is 0.306. The number of allylic oxidation sites excluding steroid dienone is 1. The molecule has 0 bridgehead atoms. The molecule has 5 N–H and O–H groups in total. The molecule has 5 heteroatoms. The van der Waals surface area contributed by atoms with Crippen molar-refractivity contribution in [1.82, 2.24) is 4.98 Å². The van der Waals surface area contributed by atoms with Crippen LogP contribution in [0.1, 0.15) is 22.3 Å². The van der Waals surface area contributed by atoms with E-state index in [1.807, 2.05) is 60.7 Å². The summed E-state index contributed by atoms with van der Waals surface area (Å²) in [4.78, 5) is 4.01. The zero-order chi connectivity index (χ0) is 19.1. The maximum atomic E-state index is 7.73. The van der Waals surface area contributed by atoms with E-state index in [1.54, 1.807) is 12.4 Å². The Morgan fingerprint density at radius 2 is 1.67 bits per heavy atom. The van der Waals surface area contributed by atoms with Gasteiger partial charge in [0.2, 0.25) is 0 Å². The molecule has 0 atom stereocenters. The van der Waals surface area contributed by atoms with Gasteiger partial charge in [-0.1, -0.05) is 36.4 Å². The van der Waals surface area contributed by atoms with E-state index in [0.717, 1.165) is 28.0 Å². The highest BCUT2D eigenvalue weighted by molar-refractivity contribution is 6.17. The van der Waals surface area contributed by atoms with E-state index in [2.05, 4.69) is 4.98 Å². The minimum atomic E-state index is 0.458. The first-order valence-corrected chi connectivity index (χ1v) is 8.63. The molecule has 1 heterocycles. The third-order valence-electron chi connectivity index (χ3n) is 4.24. The number of nitrogens with one attached hydrogen (secondary N) is 1. The van der Waals surface area contributed by atoms with E-state index in [-0.39, 0.29) is 0 Å². The van der Waals surface area contributed by atoms with Gasteiger partial charge in [0.25, 0.3) is 0 Å². The minimum Gasteiger partial charge on any atom is -0.489 e. The van der Waals surface area contributed by atoms with Crippen LogP contribution in [0.2, 0.25) is 0 Å². The van der Waals surface area contributed by atoms with Crippen LogP contribution in [-0.4, -0.2) is 11.2 Å². The van der Waals surface area contributed by atoms with E-state index in [0.29, 0.717) is 24.4 Å². The average molecular weight is 358 g/mol. The quantitative estimate of drug-likeness (QED) is 0.562. The predicted molar refractivity (Wildman–Crippen MR) is 109 cm³/mol. The lowest BCUT2D eigenvalue weighted by Crippen LogP contribution is -2.03. The molecule has 27 heavy (non-hydrogen) atoms. The van der Waals surface area contributed by atoms with Crippen molar-refractivity contribution in [3.63, 3.8) is 0 Å². The maximum absolute atomic E-state index is 7.73. The van der Waals surface area contributed by atoms with Gasteiger partial charge in [-0.05, 0) is 41.0 Å². The number of hydrogen-bond acceptors (Lipinski definition) is 5. The van der Waals surface area contributed by atoms with Crippen molar-refractivity contribution in [2.24, 2.45) is 11.5 Å². The molecule has 2 aromatic carbocycles. The molecule has 0 radical (unpaired) electrons. The van der Waals surface area contributed by atoms with Crippen molar-refractivity contribution in [3.8, 4) is 5.75 Å². The Bertz CT molecular complexity index is 934. The van der Waals surface area contributed by atoms with Crippen molar-refractivity contribution >= 4 is 17.5 Å². The fourth-order valence-electron chi connectivity index (χ4n) is 2.70. The van der Waals surface area contributed by atoms with Crippen LogP contribution < -0.4 is 16.2 Å². The SMILES string of the molecule is N=CC(=C(N)c1cccc(OCc2ccc(CN)cc2)c1)c1ccncc1. The molecule has 0 spiro atoms. The second kappa shape index (κ2) is 8.78. The lowest BCUT2D eigenvalue weighted by atomic mass is 10.0. The van der Waals surface area contributed by atoms with Gasteiger partial charge < -0.3 is 21.6 Å². The molecule has 1 aromatic heterocycles. The number of aromatic nitrogens is 1. The Morgan fingerprint density at radius 1 is 0.963 bits per heavy atom. The van der Waals surface area contributed by atoms with Crippen LogP contribution >= 0.6 is 0 Å². The number of ether oxygens (including phenoxy) is 1. The fourth-order valence-corrected chi connectivity index (χ4v) is 2.70. The molecule has 3 rings (SSSR count). The molecule has 0 aliphatic heterocycles. The Morgan fingerprint density at radius 3 is 2.33 bits per heavy atom. The Balaban J connectivity index is 1.79. The number of nitrogens with two attached hydrogens (primary N) is 2. The van der Waals surface area contributed by atoms with E-state index in [1.165, 1.54) is 6.21 Å². The van der Waals surface area contributed by atoms with Gasteiger partial charge in [0.1, 0.15) is 12.4 Å². The number of nitrogens with zero attached hydrogens (tertiary/aromatic N) is 1. The summed E-state index contributed by atoms with van der Waals surface area (Å²) < 4.78 is 5.90. The summed E-state index contributed by atoms with van der Waals surface area (Å²) in [5, 5.41) is 7.73. The van der Waals surface area contributed by atoms with E-state index >= 15 is 0 Å². The van der Waals surface area contributed by atoms with Gasteiger partial charge >= 0.3 is 0 Å². The summed E-state index contributed by atoms with van der Waals surface area (Å²) in [6, 6.07) is 19.3. The van der Waals surface area contributed by atoms with Crippen LogP contribution in [0, 0.1) is 5.41 Å². The molecule has 0 amide bonds. The summed E-state index contributed by atoms with van der Waals surface area (Å²) in [6.45, 7) is 0.987. The standard InChI is InChI=1S/C22H22N4O/c23-13-16-4-6-17(7-5-16)15-27-20-3-1-2-19(12-20)22(25)21(14-24)18-8-10-26-11-9-18/h1-12,14,24H,13,15,23,25H2. The Kier molecular flexibility index (Phi) is 5.97. The molecule has 0 saturated carbocycles. The highest BCUT2D eigenvalue weighted by Gasteiger charge is 2.08. The van der Waals surface area contributed by atoms with Crippen molar-refractivity contribution in [1.29, 1.82) is 5.41 Å². The number of hydrogen-bond donors (Lipinski definition) is 3. The van der Waals surface area contributed by atoms with Crippen LogP contribution in [0.15, 0.2) is 73.1 Å². The Hall–Kier alpha value is -3.44. The highest BCUT2D eigenvalue weighted by Crippen LogP contribution is 2.24. The molecule has 5 nitrogen and oxygen atoms in total. The Labute approximate surface area is 158 Å². The molecule has 0 saturated heterocycles. The van der Waals surface area contributed by atoms with E-state index in [4.69, 9.17) is 21.6 Å². The number of benzene rings is 2. The number of rotatable bonds is 7. The van der Waals surface area contributed by atoms with Gasteiger partial charge in [0.05, 0.1) is 0 Å². The molecule has 0 aliphatic rings. The molecular formula is C22H22N4O. The van der Waals surface area contributed by atoms with Gasteiger partial charge in [-0.3, -0.25) is 4.98 Å². The van der Waals surface area contributed by atoms with Crippen LogP contribution in [0.25, 0.3) is 11.3 Å². The first-order valence-electron chi connectivity index (χ1n) is 8.63. The largest absolute Gasteiger partial charge is 0.489 e. The third kappa shape index (κ3) is 4.59. The van der Waals surface area contributed by atoms with E-state index in [9.17, 15) is 0 Å². The summed E-state index contributed by atoms with van der Waals surface area (Å²) in [6.07, 6.45) is 4.63. The van der Waals surface area contributed by atoms with Crippen molar-refractivity contribution in [2.75, 3.05) is 0 Å². The summed E-state index contributed by atoms with van der Waals surface area (Å²) in [5.74, 6) is 0.720. The second-order valence-corrected chi connectivity index (χ2v) is 6.04. The van der Waals surface area contributed by atoms with Crippen molar-refractivity contribution in [3.05, 3.63) is 95.3 Å². The zero-order valence-electron chi connectivity index (χ0n) is 14.9. The second-order valence-electron chi connectivity index (χ2n) is 6.04. The van der Waals surface area contributed by atoms with Crippen LogP contribution in [0.3, 0.4) is 0 Å². The van der Waals surface area contributed by atoms with Crippen LogP contribution in [0.5, 0.6) is 5.75 Å². The monoisotopic (exact) mass is 358 g/mol. The smallest absolute Gasteiger partial charge is 0.120 e. The van der Waals surface area contributed by atoms with Crippen molar-refractivity contribution in [2.45, 2.75) is 13.2 Å². The maximum Gasteiger partial charge on any atom is 0.120 e. The zero-order valence-corrected chi connectivity index (χ0v) is 14.9. The summed E-state index contributed by atoms with van der Waals surface area (Å²) >= 11 is 0. The molecule has 0 unspecified atom stereocenters. The molecule has 0 aliphatic carbocycles. The third-order valence-corrected chi connectivity index (χ3v) is 4.24. The highest BCUT2D eigenvalue weighted by atomic mass is 16.5. The predicted octanol–water partition coefficient (Wildman–Crippen LogP) is 3.60. The minimum absolute atomic E-state index is 0.458. The van der Waals surface area contributed by atoms with Gasteiger partial charge in [-0.15, -0.1) is 0 Å². The van der Waals surface area contributed by atoms with Crippen LogP contribution in [0.4, 0.5) is 0 Å². The topological polar surface area (TPSA) is 98.0 Å². The van der Waals surface area contributed by atoms with E-state index < -0.39 is 0 Å². The normalized spacial score (nSPS) is 11.6. The first kappa shape index (κ1) is 18.4. The molecule has 3 aromatic rings. The van der Waals surface area contributed by atoms with Crippen LogP contribution in [-0.2, 0) is 13.2 Å². The molecule has 0 fully saturated rings. The number of pyridine rings is 1. The molecular weight excluding hydrogens is 336 g/mol. The lowest BCUT2D eigenvalue weighted by Gasteiger charge is -2.11. The van der Waals surface area contributed by atoms with Gasteiger partial charge in [0, 0.05) is 42.0 Å². The van der Waals surface area contributed by atoms with Gasteiger partial charge in [-0.2, -0.15) is 0 Å². The van der Waals surface area contributed by atoms with Crippen molar-refractivity contribution < 1.29 is 4.74 Å². The average Bonchev–Trinajstić information content (AvgIpc) is 2.74. The van der Waals surface area contributed by atoms with Gasteiger partial charge in [-0.25, -0.2) is 0 Å². The first-order chi connectivity index (χ1) is 13.2.